The Morgan fingerprint density at radius 3 is 2.48 bits per heavy atom. The van der Waals surface area contributed by atoms with E-state index in [0.29, 0.717) is 5.11 Å². The first-order valence-corrected chi connectivity index (χ1v) is 15.4. The van der Waals surface area contributed by atoms with Crippen molar-refractivity contribution in [3.05, 3.63) is 105 Å². The van der Waals surface area contributed by atoms with Crippen LogP contribution in [0.15, 0.2) is 77.4 Å². The maximum absolute atomic E-state index is 6.97. The van der Waals surface area contributed by atoms with Gasteiger partial charge in [-0.1, -0.05) is 46.6 Å². The van der Waals surface area contributed by atoms with E-state index in [2.05, 4.69) is 111 Å². The number of aromatic nitrogens is 2. The molecule has 0 amide bonds. The van der Waals surface area contributed by atoms with Gasteiger partial charge in [0, 0.05) is 46.5 Å². The van der Waals surface area contributed by atoms with E-state index in [4.69, 9.17) is 28.8 Å². The van der Waals surface area contributed by atoms with Gasteiger partial charge in [-0.2, -0.15) is 0 Å². The second kappa shape index (κ2) is 11.2. The van der Waals surface area contributed by atoms with E-state index in [9.17, 15) is 0 Å². The van der Waals surface area contributed by atoms with Crippen LogP contribution in [0, 0.1) is 19.8 Å². The van der Waals surface area contributed by atoms with Gasteiger partial charge in [0.2, 0.25) is 0 Å². The number of benzene rings is 2. The molecular formula is C32H33BrClN5S. The number of halogens is 2. The molecule has 0 bridgehead atoms. The summed E-state index contributed by atoms with van der Waals surface area (Å²) in [6, 6.07) is 22.9. The van der Waals surface area contributed by atoms with Crippen LogP contribution in [0.1, 0.15) is 54.5 Å². The van der Waals surface area contributed by atoms with E-state index in [1.165, 1.54) is 24.1 Å². The Hall–Kier alpha value is -2.87. The smallest absolute Gasteiger partial charge is 0.174 e. The second-order valence-electron chi connectivity index (χ2n) is 10.9. The van der Waals surface area contributed by atoms with E-state index in [-0.39, 0.29) is 12.1 Å². The van der Waals surface area contributed by atoms with E-state index in [0.717, 1.165) is 57.0 Å². The summed E-state index contributed by atoms with van der Waals surface area (Å²) >= 11 is 16.6. The number of nitrogens with one attached hydrogen (secondary N) is 1. The number of rotatable bonds is 5. The van der Waals surface area contributed by atoms with Crippen LogP contribution in [0.5, 0.6) is 0 Å². The Morgan fingerprint density at radius 1 is 0.975 bits per heavy atom. The van der Waals surface area contributed by atoms with Gasteiger partial charge in [0.1, 0.15) is 0 Å². The Bertz CT molecular complexity index is 1550. The van der Waals surface area contributed by atoms with Gasteiger partial charge in [0.15, 0.2) is 5.11 Å². The predicted molar refractivity (Wildman–Crippen MR) is 173 cm³/mol. The molecule has 2 saturated heterocycles. The Kier molecular flexibility index (Phi) is 7.64. The monoisotopic (exact) mass is 633 g/mol. The molecule has 206 valence electrons. The fourth-order valence-corrected chi connectivity index (χ4v) is 7.23. The van der Waals surface area contributed by atoms with Gasteiger partial charge in [-0.25, -0.2) is 0 Å². The lowest BCUT2D eigenvalue weighted by atomic mass is 9.96. The Labute approximate surface area is 255 Å². The summed E-state index contributed by atoms with van der Waals surface area (Å²) < 4.78 is 3.36. The van der Waals surface area contributed by atoms with E-state index < -0.39 is 0 Å². The zero-order valence-electron chi connectivity index (χ0n) is 22.9. The van der Waals surface area contributed by atoms with Crippen molar-refractivity contribution >= 4 is 56.2 Å². The van der Waals surface area contributed by atoms with Gasteiger partial charge in [0.05, 0.1) is 28.5 Å². The lowest BCUT2D eigenvalue weighted by Crippen LogP contribution is -2.33. The van der Waals surface area contributed by atoms with Crippen LogP contribution >= 0.6 is 39.7 Å². The third-order valence-electron chi connectivity index (χ3n) is 8.29. The van der Waals surface area contributed by atoms with Crippen LogP contribution in [0.3, 0.4) is 0 Å². The van der Waals surface area contributed by atoms with Crippen molar-refractivity contribution in [2.75, 3.05) is 22.9 Å². The molecule has 4 aromatic rings. The number of anilines is 2. The number of aryl methyl sites for hydroxylation is 1. The van der Waals surface area contributed by atoms with E-state index >= 15 is 0 Å². The van der Waals surface area contributed by atoms with Gasteiger partial charge in [-0.05, 0) is 105 Å². The van der Waals surface area contributed by atoms with Crippen molar-refractivity contribution in [1.82, 2.24) is 14.9 Å². The minimum absolute atomic E-state index is 0.104. The Balaban J connectivity index is 1.44. The number of piperidine rings is 1. The average molecular weight is 635 g/mol. The first kappa shape index (κ1) is 27.3. The first-order chi connectivity index (χ1) is 19.3. The molecule has 2 fully saturated rings. The SMILES string of the molecule is Cc1cc(C2C(c3ccccn3)NC(=S)N2c2ccc(N3CCC(C)CC3)c(Cl)c2)c(C)n1-c1cccc(Br)c1. The lowest BCUT2D eigenvalue weighted by Gasteiger charge is -2.33. The summed E-state index contributed by atoms with van der Waals surface area (Å²) in [6.07, 6.45) is 4.23. The summed E-state index contributed by atoms with van der Waals surface area (Å²) in [7, 11) is 0. The van der Waals surface area contributed by atoms with Crippen molar-refractivity contribution < 1.29 is 0 Å². The number of nitrogens with zero attached hydrogens (tertiary/aromatic N) is 4. The molecule has 1 N–H and O–H groups in total. The molecule has 2 aliphatic heterocycles. The molecule has 6 rings (SSSR count). The van der Waals surface area contributed by atoms with Crippen LogP contribution in [0.2, 0.25) is 5.02 Å². The van der Waals surface area contributed by atoms with Crippen molar-refractivity contribution in [1.29, 1.82) is 0 Å². The second-order valence-corrected chi connectivity index (χ2v) is 12.7. The molecule has 40 heavy (non-hydrogen) atoms. The summed E-state index contributed by atoms with van der Waals surface area (Å²) in [5.41, 5.74) is 7.68. The fourth-order valence-electron chi connectivity index (χ4n) is 6.20. The average Bonchev–Trinajstić information content (AvgIpc) is 3.44. The van der Waals surface area contributed by atoms with Crippen LogP contribution in [0.4, 0.5) is 11.4 Å². The molecule has 2 aliphatic rings. The van der Waals surface area contributed by atoms with Crippen molar-refractivity contribution in [3.8, 4) is 5.69 Å². The predicted octanol–water partition coefficient (Wildman–Crippen LogP) is 8.32. The molecule has 0 aliphatic carbocycles. The third kappa shape index (κ3) is 5.04. The summed E-state index contributed by atoms with van der Waals surface area (Å²) in [5, 5.41) is 5.03. The number of pyridine rings is 1. The highest BCUT2D eigenvalue weighted by molar-refractivity contribution is 9.10. The molecule has 2 unspecified atom stereocenters. The molecule has 5 nitrogen and oxygen atoms in total. The molecule has 0 radical (unpaired) electrons. The van der Waals surface area contributed by atoms with Crippen molar-refractivity contribution in [2.45, 2.75) is 45.7 Å². The molecule has 2 aromatic carbocycles. The highest BCUT2D eigenvalue weighted by Gasteiger charge is 2.42. The third-order valence-corrected chi connectivity index (χ3v) is 9.40. The first-order valence-electron chi connectivity index (χ1n) is 13.8. The van der Waals surface area contributed by atoms with Crippen molar-refractivity contribution in [2.24, 2.45) is 5.92 Å². The zero-order chi connectivity index (χ0) is 28.0. The van der Waals surface area contributed by atoms with Crippen LogP contribution < -0.4 is 15.1 Å². The van der Waals surface area contributed by atoms with Crippen LogP contribution in [0.25, 0.3) is 5.69 Å². The molecule has 2 atom stereocenters. The minimum atomic E-state index is -0.118. The molecule has 0 spiro atoms. The quantitative estimate of drug-likeness (QED) is 0.224. The van der Waals surface area contributed by atoms with Crippen molar-refractivity contribution in [3.63, 3.8) is 0 Å². The molecule has 4 heterocycles. The largest absolute Gasteiger partial charge is 0.370 e. The normalized spacial score (nSPS) is 19.8. The highest BCUT2D eigenvalue weighted by Crippen LogP contribution is 2.45. The van der Waals surface area contributed by atoms with Gasteiger partial charge >= 0.3 is 0 Å². The Morgan fingerprint density at radius 2 is 1.77 bits per heavy atom. The highest BCUT2D eigenvalue weighted by atomic mass is 79.9. The molecular weight excluding hydrogens is 602 g/mol. The van der Waals surface area contributed by atoms with Gasteiger partial charge in [-0.15, -0.1) is 0 Å². The summed E-state index contributed by atoms with van der Waals surface area (Å²) in [5.74, 6) is 0.766. The van der Waals surface area contributed by atoms with Crippen LogP contribution in [-0.2, 0) is 0 Å². The van der Waals surface area contributed by atoms with Gasteiger partial charge in [0.25, 0.3) is 0 Å². The van der Waals surface area contributed by atoms with E-state index in [1.807, 2.05) is 18.3 Å². The fraction of sp³-hybridized carbons (Fsp3) is 0.312. The topological polar surface area (TPSA) is 36.3 Å². The van der Waals surface area contributed by atoms with E-state index in [1.54, 1.807) is 0 Å². The van der Waals surface area contributed by atoms with Crippen LogP contribution in [-0.4, -0.2) is 27.8 Å². The number of hydrogen-bond acceptors (Lipinski definition) is 3. The molecule has 2 aromatic heterocycles. The maximum atomic E-state index is 6.97. The van der Waals surface area contributed by atoms with Gasteiger partial charge < -0.3 is 19.7 Å². The standard InChI is InChI=1S/C32H33BrClN5S/c1-20-12-15-37(16-13-20)29-11-10-25(19-27(29)34)39-31(30(36-32(39)40)28-9-4-5-14-35-28)26-17-21(2)38(22(26)3)24-8-6-7-23(33)18-24/h4-11,14,17-20,30-31H,12-13,15-16H2,1-3H3,(H,36,40). The van der Waals surface area contributed by atoms with Gasteiger partial charge in [-0.3, -0.25) is 4.98 Å². The number of thiocarbonyl (C=S) groups is 1. The molecule has 8 heteroatoms. The number of hydrogen-bond donors (Lipinski definition) is 1. The minimum Gasteiger partial charge on any atom is -0.370 e. The zero-order valence-corrected chi connectivity index (χ0v) is 26.1. The lowest BCUT2D eigenvalue weighted by molar-refractivity contribution is 0.438. The maximum Gasteiger partial charge on any atom is 0.174 e. The summed E-state index contributed by atoms with van der Waals surface area (Å²) in [4.78, 5) is 9.36. The summed E-state index contributed by atoms with van der Waals surface area (Å²) in [6.45, 7) is 8.75. The molecule has 0 saturated carbocycles.